The summed E-state index contributed by atoms with van der Waals surface area (Å²) in [6, 6.07) is 25.4. The largest absolute Gasteiger partial charge is 0.489 e. The number of rotatable bonds is 4. The molecule has 24 heavy (non-hydrogen) atoms. The van der Waals surface area contributed by atoms with Crippen LogP contribution in [0.3, 0.4) is 0 Å². The smallest absolute Gasteiger partial charge is 0.120 e. The number of ether oxygens (including phenoxy) is 1. The number of aliphatic hydroxyl groups excluding tert-OH is 1. The number of hydrogen-bond acceptors (Lipinski definition) is 2. The van der Waals surface area contributed by atoms with Gasteiger partial charge < -0.3 is 9.84 Å². The van der Waals surface area contributed by atoms with E-state index in [1.807, 2.05) is 78.9 Å². The first-order valence-electron chi connectivity index (χ1n) is 7.83. The molecular weight excluding hydrogens is 296 g/mol. The van der Waals surface area contributed by atoms with Gasteiger partial charge in [-0.25, -0.2) is 0 Å². The van der Waals surface area contributed by atoms with Crippen molar-refractivity contribution in [2.24, 2.45) is 0 Å². The van der Waals surface area contributed by atoms with E-state index in [4.69, 9.17) is 4.74 Å². The second kappa shape index (κ2) is 8.01. The van der Waals surface area contributed by atoms with Crippen molar-refractivity contribution in [2.75, 3.05) is 0 Å². The van der Waals surface area contributed by atoms with E-state index >= 15 is 0 Å². The molecule has 3 rings (SSSR count). The summed E-state index contributed by atoms with van der Waals surface area (Å²) in [4.78, 5) is 0. The van der Waals surface area contributed by atoms with E-state index in [1.54, 1.807) is 0 Å². The summed E-state index contributed by atoms with van der Waals surface area (Å²) in [6.07, 6.45) is 0. The van der Waals surface area contributed by atoms with Gasteiger partial charge in [0.25, 0.3) is 0 Å². The standard InChI is InChI=1S/C22H18O2/c23-16-21-15-22(24-17-19-9-5-2-6-10-19)14-13-20(21)12-11-18-7-3-1-4-8-18/h1-10,13-15,23H,16-17H2. The van der Waals surface area contributed by atoms with Crippen molar-refractivity contribution in [3.05, 3.63) is 101 Å². The monoisotopic (exact) mass is 314 g/mol. The molecule has 1 N–H and O–H groups in total. The first-order chi connectivity index (χ1) is 11.8. The molecular formula is C22H18O2. The van der Waals surface area contributed by atoms with Gasteiger partial charge in [0.2, 0.25) is 0 Å². The van der Waals surface area contributed by atoms with Crippen LogP contribution in [0.5, 0.6) is 5.75 Å². The molecule has 0 spiro atoms. The third-order valence-corrected chi connectivity index (χ3v) is 3.61. The second-order valence-corrected chi connectivity index (χ2v) is 5.37. The van der Waals surface area contributed by atoms with E-state index in [9.17, 15) is 5.11 Å². The minimum Gasteiger partial charge on any atom is -0.489 e. The molecule has 118 valence electrons. The molecule has 0 saturated carbocycles. The minimum atomic E-state index is -0.0681. The highest BCUT2D eigenvalue weighted by Gasteiger charge is 2.03. The molecule has 0 aliphatic carbocycles. The van der Waals surface area contributed by atoms with Gasteiger partial charge in [-0.05, 0) is 41.5 Å². The maximum absolute atomic E-state index is 9.60. The normalized spacial score (nSPS) is 9.88. The van der Waals surface area contributed by atoms with Gasteiger partial charge in [0.15, 0.2) is 0 Å². The van der Waals surface area contributed by atoms with Crippen molar-refractivity contribution in [2.45, 2.75) is 13.2 Å². The average molecular weight is 314 g/mol. The minimum absolute atomic E-state index is 0.0681. The molecule has 0 radical (unpaired) electrons. The Hall–Kier alpha value is -3.02. The van der Waals surface area contributed by atoms with Gasteiger partial charge >= 0.3 is 0 Å². The Bertz CT molecular complexity index is 843. The summed E-state index contributed by atoms with van der Waals surface area (Å²) in [5.41, 5.74) is 3.64. The second-order valence-electron chi connectivity index (χ2n) is 5.37. The predicted octanol–water partition coefficient (Wildman–Crippen LogP) is 4.16. The highest BCUT2D eigenvalue weighted by Crippen LogP contribution is 2.19. The van der Waals surface area contributed by atoms with Crippen LogP contribution in [0, 0.1) is 11.8 Å². The highest BCUT2D eigenvalue weighted by molar-refractivity contribution is 5.48. The fraction of sp³-hybridized carbons (Fsp3) is 0.0909. The van der Waals surface area contributed by atoms with E-state index in [-0.39, 0.29) is 6.61 Å². The van der Waals surface area contributed by atoms with Gasteiger partial charge in [-0.3, -0.25) is 0 Å². The van der Waals surface area contributed by atoms with Gasteiger partial charge in [0.1, 0.15) is 12.4 Å². The third-order valence-electron chi connectivity index (χ3n) is 3.61. The van der Waals surface area contributed by atoms with Crippen molar-refractivity contribution in [1.82, 2.24) is 0 Å². The summed E-state index contributed by atoms with van der Waals surface area (Å²) >= 11 is 0. The summed E-state index contributed by atoms with van der Waals surface area (Å²) < 4.78 is 5.79. The van der Waals surface area contributed by atoms with Crippen LogP contribution >= 0.6 is 0 Å². The lowest BCUT2D eigenvalue weighted by Gasteiger charge is -2.09. The SMILES string of the molecule is OCc1cc(OCc2ccccc2)ccc1C#Cc1ccccc1. The van der Waals surface area contributed by atoms with Crippen molar-refractivity contribution in [3.8, 4) is 17.6 Å². The number of aliphatic hydroxyl groups is 1. The first-order valence-corrected chi connectivity index (χ1v) is 7.83. The van der Waals surface area contributed by atoms with Crippen molar-refractivity contribution < 1.29 is 9.84 Å². The van der Waals surface area contributed by atoms with Crippen molar-refractivity contribution in [3.63, 3.8) is 0 Å². The lowest BCUT2D eigenvalue weighted by Crippen LogP contribution is -1.97. The molecule has 0 fully saturated rings. The van der Waals surface area contributed by atoms with Crippen molar-refractivity contribution in [1.29, 1.82) is 0 Å². The summed E-state index contributed by atoms with van der Waals surface area (Å²) in [6.45, 7) is 0.433. The number of hydrogen-bond donors (Lipinski definition) is 1. The van der Waals surface area contributed by atoms with E-state index in [2.05, 4.69) is 11.8 Å². The van der Waals surface area contributed by atoms with Gasteiger partial charge in [0.05, 0.1) is 6.61 Å². The van der Waals surface area contributed by atoms with Crippen LogP contribution in [-0.4, -0.2) is 5.11 Å². The maximum Gasteiger partial charge on any atom is 0.120 e. The zero-order valence-corrected chi connectivity index (χ0v) is 13.3. The quantitative estimate of drug-likeness (QED) is 0.733. The molecule has 0 aliphatic heterocycles. The Morgan fingerprint density at radius 3 is 2.21 bits per heavy atom. The fourth-order valence-electron chi connectivity index (χ4n) is 2.31. The van der Waals surface area contributed by atoms with Crippen LogP contribution < -0.4 is 4.74 Å². The lowest BCUT2D eigenvalue weighted by molar-refractivity contribution is 0.277. The van der Waals surface area contributed by atoms with Crippen LogP contribution in [0.1, 0.15) is 22.3 Å². The molecule has 2 heteroatoms. The topological polar surface area (TPSA) is 29.5 Å². The third kappa shape index (κ3) is 4.25. The first kappa shape index (κ1) is 15.9. The van der Waals surface area contributed by atoms with Crippen LogP contribution in [0.25, 0.3) is 0 Å². The van der Waals surface area contributed by atoms with Gasteiger partial charge in [-0.15, -0.1) is 0 Å². The van der Waals surface area contributed by atoms with Crippen LogP contribution in [0.4, 0.5) is 0 Å². The summed E-state index contributed by atoms with van der Waals surface area (Å²) in [5.74, 6) is 6.96. The molecule has 0 bridgehead atoms. The lowest BCUT2D eigenvalue weighted by atomic mass is 10.1. The molecule has 0 amide bonds. The zero-order valence-electron chi connectivity index (χ0n) is 13.3. The summed E-state index contributed by atoms with van der Waals surface area (Å²) in [7, 11) is 0. The molecule has 0 atom stereocenters. The molecule has 3 aromatic rings. The molecule has 0 aliphatic rings. The molecule has 0 unspecified atom stereocenters. The van der Waals surface area contributed by atoms with E-state index in [1.165, 1.54) is 0 Å². The molecule has 3 aromatic carbocycles. The Balaban J connectivity index is 1.75. The Labute approximate surface area is 142 Å². The molecule has 0 heterocycles. The maximum atomic E-state index is 9.60. The Morgan fingerprint density at radius 1 is 0.792 bits per heavy atom. The predicted molar refractivity (Wildman–Crippen MR) is 95.6 cm³/mol. The zero-order chi connectivity index (χ0) is 16.6. The van der Waals surface area contributed by atoms with Gasteiger partial charge in [0, 0.05) is 11.1 Å². The number of benzene rings is 3. The van der Waals surface area contributed by atoms with Crippen LogP contribution in [-0.2, 0) is 13.2 Å². The average Bonchev–Trinajstić information content (AvgIpc) is 2.66. The highest BCUT2D eigenvalue weighted by atomic mass is 16.5. The fourth-order valence-corrected chi connectivity index (χ4v) is 2.31. The molecule has 0 saturated heterocycles. The molecule has 2 nitrogen and oxygen atoms in total. The van der Waals surface area contributed by atoms with Crippen molar-refractivity contribution >= 4 is 0 Å². The van der Waals surface area contributed by atoms with E-state index < -0.39 is 0 Å². The van der Waals surface area contributed by atoms with E-state index in [0.29, 0.717) is 6.61 Å². The molecule has 0 aromatic heterocycles. The van der Waals surface area contributed by atoms with Gasteiger partial charge in [-0.1, -0.05) is 60.4 Å². The van der Waals surface area contributed by atoms with E-state index in [0.717, 1.165) is 28.0 Å². The Kier molecular flexibility index (Phi) is 5.29. The van der Waals surface area contributed by atoms with Crippen LogP contribution in [0.2, 0.25) is 0 Å². The van der Waals surface area contributed by atoms with Crippen LogP contribution in [0.15, 0.2) is 78.9 Å². The van der Waals surface area contributed by atoms with Gasteiger partial charge in [-0.2, -0.15) is 0 Å². The summed E-state index contributed by atoms with van der Waals surface area (Å²) in [5, 5.41) is 9.60. The Morgan fingerprint density at radius 2 is 1.50 bits per heavy atom.